The molecule has 2 fully saturated rings. The number of aryl methyl sites for hydroxylation is 1. The van der Waals surface area contributed by atoms with Crippen LogP contribution in [0.4, 0.5) is 0 Å². The second-order valence-electron chi connectivity index (χ2n) is 18.2. The quantitative estimate of drug-likeness (QED) is 0.154. The lowest BCUT2D eigenvalue weighted by molar-refractivity contribution is -0.155. The van der Waals surface area contributed by atoms with Crippen molar-refractivity contribution < 1.29 is 42.7 Å². The van der Waals surface area contributed by atoms with Crippen molar-refractivity contribution in [1.29, 1.82) is 0 Å². The Morgan fingerprint density at radius 1 is 1.17 bits per heavy atom. The summed E-state index contributed by atoms with van der Waals surface area (Å²) in [5.41, 5.74) is 7.92. The summed E-state index contributed by atoms with van der Waals surface area (Å²) in [5.74, 6) is -2.80. The minimum atomic E-state index is -1.25. The van der Waals surface area contributed by atoms with Crippen molar-refractivity contribution in [2.24, 2.45) is 17.3 Å². The second-order valence-corrected chi connectivity index (χ2v) is 18.2. The minimum Gasteiger partial charge on any atom is -0.464 e. The lowest BCUT2D eigenvalue weighted by atomic mass is 9.84. The van der Waals surface area contributed by atoms with Crippen molar-refractivity contribution in [2.45, 2.75) is 111 Å². The van der Waals surface area contributed by atoms with Gasteiger partial charge in [0.15, 0.2) is 5.78 Å². The van der Waals surface area contributed by atoms with Gasteiger partial charge >= 0.3 is 5.97 Å². The summed E-state index contributed by atoms with van der Waals surface area (Å²) in [5, 5.41) is 9.53. The molecule has 1 aromatic carbocycles. The molecule has 0 saturated carbocycles. The van der Waals surface area contributed by atoms with Gasteiger partial charge in [-0.3, -0.25) is 34.0 Å². The molecule has 3 aliphatic rings. The number of carbonyl (C=O) groups is 5. The van der Waals surface area contributed by atoms with Crippen LogP contribution < -0.4 is 10.7 Å². The number of cyclic esters (lactones) is 1. The van der Waals surface area contributed by atoms with E-state index in [2.05, 4.69) is 53.9 Å². The summed E-state index contributed by atoms with van der Waals surface area (Å²) < 4.78 is 25.6. The van der Waals surface area contributed by atoms with Gasteiger partial charge in [0.2, 0.25) is 17.6 Å². The Balaban J connectivity index is 1.27. The van der Waals surface area contributed by atoms with Gasteiger partial charge in [0, 0.05) is 66.8 Å². The number of ether oxygens (including phenoxy) is 3. The number of methoxy groups -OCH3 is 1. The van der Waals surface area contributed by atoms with Gasteiger partial charge in [0.05, 0.1) is 37.1 Å². The molecule has 3 aromatic heterocycles. The normalized spacial score (nSPS) is 22.4. The lowest BCUT2D eigenvalue weighted by Crippen LogP contribution is -2.62. The van der Waals surface area contributed by atoms with Crippen molar-refractivity contribution in [1.82, 2.24) is 40.3 Å². The summed E-state index contributed by atoms with van der Waals surface area (Å²) in [4.78, 5) is 79.5. The predicted molar refractivity (Wildman–Crippen MR) is 236 cm³/mol. The fraction of sp³-hybridized carbons (Fsp3) is 0.532. The molecule has 2 saturated heterocycles. The van der Waals surface area contributed by atoms with Gasteiger partial charge in [-0.2, -0.15) is 4.98 Å². The third-order valence-electron chi connectivity index (χ3n) is 12.6. The fourth-order valence-electron chi connectivity index (χ4n) is 9.17. The first-order valence-corrected chi connectivity index (χ1v) is 22.1. The summed E-state index contributed by atoms with van der Waals surface area (Å²) in [6.45, 7) is 16.4. The van der Waals surface area contributed by atoms with E-state index in [9.17, 15) is 24.0 Å². The number of fused-ring (bicyclic) bond motifs is 6. The van der Waals surface area contributed by atoms with Crippen LogP contribution >= 0.6 is 0 Å². The molecule has 2 N–H and O–H groups in total. The zero-order valence-corrected chi connectivity index (χ0v) is 38.0. The molecule has 6 atom stereocenters. The molecular weight excluding hydrogens is 821 g/mol. The molecule has 64 heavy (non-hydrogen) atoms. The van der Waals surface area contributed by atoms with Gasteiger partial charge in [-0.05, 0) is 87.4 Å². The third-order valence-corrected chi connectivity index (χ3v) is 12.6. The van der Waals surface area contributed by atoms with Gasteiger partial charge in [0.25, 0.3) is 11.8 Å². The number of nitrogens with one attached hydrogen (secondary N) is 2. The molecule has 0 aliphatic carbocycles. The molecule has 6 bridgehead atoms. The molecule has 3 aliphatic heterocycles. The number of hydrogen-bond acceptors (Lipinski definition) is 13. The van der Waals surface area contributed by atoms with E-state index >= 15 is 0 Å². The van der Waals surface area contributed by atoms with Crippen LogP contribution in [0, 0.1) is 17.3 Å². The van der Waals surface area contributed by atoms with Crippen molar-refractivity contribution in [3.05, 3.63) is 66.3 Å². The van der Waals surface area contributed by atoms with Gasteiger partial charge in [0.1, 0.15) is 24.2 Å². The Bertz CT molecular complexity index is 2420. The average Bonchev–Trinajstić information content (AvgIpc) is 4.05. The Morgan fingerprint density at radius 2 is 1.95 bits per heavy atom. The zero-order chi connectivity index (χ0) is 46.0. The Kier molecular flexibility index (Phi) is 13.8. The lowest BCUT2D eigenvalue weighted by Gasteiger charge is -2.36. The van der Waals surface area contributed by atoms with Crippen molar-refractivity contribution >= 4 is 40.4 Å². The van der Waals surface area contributed by atoms with Gasteiger partial charge < -0.3 is 33.5 Å². The highest BCUT2D eigenvalue weighted by Gasteiger charge is 2.42. The monoisotopic (exact) mass is 880 g/mol. The number of pyridine rings is 1. The maximum atomic E-state index is 14.5. The first kappa shape index (κ1) is 46.2. The Labute approximate surface area is 373 Å². The van der Waals surface area contributed by atoms with E-state index < -0.39 is 65.2 Å². The maximum absolute atomic E-state index is 14.5. The average molecular weight is 881 g/mol. The van der Waals surface area contributed by atoms with Crippen LogP contribution in [0.1, 0.15) is 84.1 Å². The molecule has 342 valence electrons. The highest BCUT2D eigenvalue weighted by molar-refractivity contribution is 5.96. The van der Waals surface area contributed by atoms with Crippen LogP contribution in [0.25, 0.3) is 33.5 Å². The van der Waals surface area contributed by atoms with E-state index in [-0.39, 0.29) is 50.4 Å². The summed E-state index contributed by atoms with van der Waals surface area (Å²) in [6.07, 6.45) is 3.20. The predicted octanol–water partition coefficient (Wildman–Crippen LogP) is 4.77. The highest BCUT2D eigenvalue weighted by atomic mass is 16.5. The molecule has 17 heteroatoms. The van der Waals surface area contributed by atoms with E-state index in [1.807, 2.05) is 31.2 Å². The number of carbonyl (C=O) groups excluding carboxylic acids is 5. The number of amides is 3. The number of ketones is 1. The fourth-order valence-corrected chi connectivity index (χ4v) is 9.17. The number of rotatable bonds is 11. The van der Waals surface area contributed by atoms with E-state index in [0.717, 1.165) is 33.4 Å². The van der Waals surface area contributed by atoms with Crippen LogP contribution in [0.15, 0.2) is 53.7 Å². The molecule has 1 unspecified atom stereocenters. The van der Waals surface area contributed by atoms with E-state index in [1.54, 1.807) is 27.2 Å². The number of hydrogen-bond donors (Lipinski definition) is 2. The SMILES string of the molecule is C=CC(=O)C1CO[C@H](C(=O)N(C)[C@H](C(=O)N[C@H]2Cc3nc(no3)-c3ccc4c(c3)c(c(-c3cccnc3[C@H](C)OC)n4CC)CC(C)(C)COC(=O)[C@@H]3CCCN(N3)C2=O)C(C)C)C1. The van der Waals surface area contributed by atoms with Crippen LogP contribution in [0.2, 0.25) is 0 Å². The molecule has 7 rings (SSSR count). The largest absolute Gasteiger partial charge is 0.464 e. The van der Waals surface area contributed by atoms with Crippen LogP contribution in [-0.4, -0.2) is 117 Å². The molecule has 17 nitrogen and oxygen atoms in total. The van der Waals surface area contributed by atoms with Crippen LogP contribution in [-0.2, 0) is 57.6 Å². The third kappa shape index (κ3) is 9.38. The number of nitrogens with zero attached hydrogens (tertiary/aromatic N) is 6. The molecule has 0 spiro atoms. The maximum Gasteiger partial charge on any atom is 0.324 e. The summed E-state index contributed by atoms with van der Waals surface area (Å²) >= 11 is 0. The number of hydrazine groups is 1. The first-order valence-electron chi connectivity index (χ1n) is 22.1. The topological polar surface area (TPSA) is 200 Å². The number of allylic oxidation sites excluding steroid dienone is 1. The molecule has 4 aromatic rings. The second kappa shape index (κ2) is 19.1. The number of benzene rings is 1. The molecule has 6 heterocycles. The molecule has 3 amide bonds. The smallest absolute Gasteiger partial charge is 0.324 e. The number of aromatic nitrogens is 4. The Morgan fingerprint density at radius 3 is 2.67 bits per heavy atom. The summed E-state index contributed by atoms with van der Waals surface area (Å²) in [7, 11) is 3.17. The van der Waals surface area contributed by atoms with E-state index in [1.165, 1.54) is 23.0 Å². The summed E-state index contributed by atoms with van der Waals surface area (Å²) in [6, 6.07) is 6.87. The van der Waals surface area contributed by atoms with Gasteiger partial charge in [-0.1, -0.05) is 39.4 Å². The zero-order valence-electron chi connectivity index (χ0n) is 38.0. The minimum absolute atomic E-state index is 0.0769. The highest BCUT2D eigenvalue weighted by Crippen LogP contribution is 2.41. The molecular formula is C47H60N8O9. The number of esters is 1. The Hall–Kier alpha value is -5.78. The standard InChI is InChI=1S/C47H60N8O9/c1-10-36(56)29-21-37(62-24-29)45(59)53(8)40(26(3)4)43(57)49-34-22-38-50-42(52-64-38)28-16-17-35-31(20-28)32(41(54(35)11-2)30-14-12-18-48-39(30)27(5)61-9)23-47(6,7)25-63-46(60)33-15-13-19-55(51-33)44(34)58/h10,12,14,16-18,20,26-27,29,33-34,37,40,51H,1,11,13,15,19,21-25H2,2-9H3,(H,49,57)/t27-,29?,33-,34-,37-,40-/m0/s1. The first-order chi connectivity index (χ1) is 30.5. The van der Waals surface area contributed by atoms with Crippen LogP contribution in [0.5, 0.6) is 0 Å². The van der Waals surface area contributed by atoms with E-state index in [0.29, 0.717) is 37.2 Å². The van der Waals surface area contributed by atoms with Crippen molar-refractivity contribution in [3.8, 4) is 22.6 Å². The molecule has 0 radical (unpaired) electrons. The van der Waals surface area contributed by atoms with E-state index in [4.69, 9.17) is 28.7 Å². The van der Waals surface area contributed by atoms with Gasteiger partial charge in [-0.15, -0.1) is 0 Å². The number of likely N-dealkylation sites (N-methyl/N-ethyl adjacent to an activating group) is 1. The van der Waals surface area contributed by atoms with Crippen molar-refractivity contribution in [2.75, 3.05) is 33.9 Å². The van der Waals surface area contributed by atoms with Crippen LogP contribution in [0.3, 0.4) is 0 Å². The van der Waals surface area contributed by atoms with Gasteiger partial charge in [-0.25, -0.2) is 5.43 Å². The van der Waals surface area contributed by atoms with Crippen molar-refractivity contribution in [3.63, 3.8) is 0 Å².